The molecule has 176 valence electrons. The van der Waals surface area contributed by atoms with Crippen molar-refractivity contribution in [1.82, 2.24) is 4.57 Å². The predicted octanol–water partition coefficient (Wildman–Crippen LogP) is 3.93. The van der Waals surface area contributed by atoms with E-state index in [1.165, 1.54) is 23.0 Å². The summed E-state index contributed by atoms with van der Waals surface area (Å²) in [6.45, 7) is 3.63. The number of methoxy groups -OCH3 is 1. The van der Waals surface area contributed by atoms with Gasteiger partial charge in [-0.1, -0.05) is 51.0 Å². The number of aromatic hydroxyl groups is 1. The second-order valence-electron chi connectivity index (χ2n) is 7.40. The van der Waals surface area contributed by atoms with Crippen LogP contribution < -0.4 is 19.6 Å². The minimum Gasteiger partial charge on any atom is -0.504 e. The lowest BCUT2D eigenvalue weighted by Crippen LogP contribution is -2.39. The van der Waals surface area contributed by atoms with E-state index in [4.69, 9.17) is 21.1 Å². The number of rotatable bonds is 5. The molecule has 7 nitrogen and oxygen atoms in total. The molecule has 1 aliphatic rings. The van der Waals surface area contributed by atoms with E-state index in [1.54, 1.807) is 56.3 Å². The number of hydrogen-bond donors (Lipinski definition) is 1. The van der Waals surface area contributed by atoms with Crippen molar-refractivity contribution >= 4 is 50.9 Å². The normalized spacial score (nSPS) is 15.7. The number of fused-ring (bicyclic) bond motifs is 1. The smallest absolute Gasteiger partial charge is 0.338 e. The highest BCUT2D eigenvalue weighted by Crippen LogP contribution is 2.34. The third-order valence-electron chi connectivity index (χ3n) is 5.28. The molecule has 0 spiro atoms. The monoisotopic (exact) mass is 562 g/mol. The van der Waals surface area contributed by atoms with E-state index in [9.17, 15) is 14.7 Å². The van der Waals surface area contributed by atoms with Crippen LogP contribution in [-0.4, -0.2) is 29.4 Å². The number of phenols is 1. The molecule has 0 saturated heterocycles. The lowest BCUT2D eigenvalue weighted by molar-refractivity contribution is -0.139. The molecule has 0 aliphatic carbocycles. The van der Waals surface area contributed by atoms with E-state index >= 15 is 0 Å². The molecule has 0 bridgehead atoms. The summed E-state index contributed by atoms with van der Waals surface area (Å²) in [6, 6.07) is 9.53. The Balaban J connectivity index is 1.97. The van der Waals surface area contributed by atoms with Crippen molar-refractivity contribution in [3.63, 3.8) is 0 Å². The summed E-state index contributed by atoms with van der Waals surface area (Å²) in [5.41, 5.74) is 1.51. The van der Waals surface area contributed by atoms with E-state index in [1.807, 2.05) is 0 Å². The number of halogens is 2. The van der Waals surface area contributed by atoms with Gasteiger partial charge in [-0.15, -0.1) is 0 Å². The van der Waals surface area contributed by atoms with Gasteiger partial charge in [0.2, 0.25) is 0 Å². The molecule has 34 heavy (non-hydrogen) atoms. The highest BCUT2D eigenvalue weighted by molar-refractivity contribution is 9.10. The van der Waals surface area contributed by atoms with Gasteiger partial charge in [-0.2, -0.15) is 0 Å². The lowest BCUT2D eigenvalue weighted by atomic mass is 9.96. The molecule has 4 rings (SSSR count). The van der Waals surface area contributed by atoms with Crippen LogP contribution in [0.3, 0.4) is 0 Å². The number of benzene rings is 2. The Kier molecular flexibility index (Phi) is 6.97. The van der Waals surface area contributed by atoms with Gasteiger partial charge in [-0.25, -0.2) is 9.79 Å². The van der Waals surface area contributed by atoms with Gasteiger partial charge in [0.1, 0.15) is 0 Å². The van der Waals surface area contributed by atoms with Gasteiger partial charge in [0.05, 0.1) is 35.6 Å². The number of carbonyl (C=O) groups is 1. The Bertz CT molecular complexity index is 1490. The molecule has 3 aromatic rings. The number of nitrogens with zero attached hydrogens (tertiary/aromatic N) is 2. The summed E-state index contributed by atoms with van der Waals surface area (Å²) in [4.78, 5) is 31.5. The van der Waals surface area contributed by atoms with E-state index in [0.29, 0.717) is 35.7 Å². The van der Waals surface area contributed by atoms with Crippen molar-refractivity contribution in [3.05, 3.63) is 88.0 Å². The Morgan fingerprint density at radius 1 is 1.32 bits per heavy atom. The third-order valence-corrected chi connectivity index (χ3v) is 6.97. The van der Waals surface area contributed by atoms with Crippen molar-refractivity contribution in [2.75, 3.05) is 13.7 Å². The average molecular weight is 564 g/mol. The maximum absolute atomic E-state index is 13.6. The van der Waals surface area contributed by atoms with E-state index in [0.717, 1.165) is 0 Å². The van der Waals surface area contributed by atoms with Crippen LogP contribution >= 0.6 is 38.9 Å². The fraction of sp³-hybridized carbons (Fsp3) is 0.208. The summed E-state index contributed by atoms with van der Waals surface area (Å²) < 4.78 is 13.0. The van der Waals surface area contributed by atoms with E-state index < -0.39 is 12.0 Å². The van der Waals surface area contributed by atoms with Crippen molar-refractivity contribution in [3.8, 4) is 11.5 Å². The first-order valence-electron chi connectivity index (χ1n) is 10.3. The summed E-state index contributed by atoms with van der Waals surface area (Å²) in [6.07, 6.45) is 1.58. The molecule has 0 unspecified atom stereocenters. The fourth-order valence-corrected chi connectivity index (χ4v) is 5.37. The fourth-order valence-electron chi connectivity index (χ4n) is 3.75. The highest BCUT2D eigenvalue weighted by Gasteiger charge is 2.33. The first-order chi connectivity index (χ1) is 16.2. The zero-order valence-corrected chi connectivity index (χ0v) is 21.6. The number of carbonyl (C=O) groups excluding carboxylic acids is 1. The van der Waals surface area contributed by atoms with E-state index in [2.05, 4.69) is 20.9 Å². The molecular formula is C24H20BrClN2O5S. The second-order valence-corrected chi connectivity index (χ2v) is 9.76. The molecule has 2 aromatic carbocycles. The minimum absolute atomic E-state index is 0.0887. The molecule has 1 aliphatic heterocycles. The van der Waals surface area contributed by atoms with Gasteiger partial charge in [-0.05, 0) is 49.8 Å². The maximum atomic E-state index is 13.6. The molecule has 1 N–H and O–H groups in total. The number of phenolic OH excluding ortho intramolecular Hbond substituents is 1. The van der Waals surface area contributed by atoms with Gasteiger partial charge in [0.25, 0.3) is 5.56 Å². The highest BCUT2D eigenvalue weighted by atomic mass is 79.9. The van der Waals surface area contributed by atoms with Gasteiger partial charge >= 0.3 is 5.97 Å². The Morgan fingerprint density at radius 3 is 2.68 bits per heavy atom. The van der Waals surface area contributed by atoms with Crippen LogP contribution in [-0.2, 0) is 9.53 Å². The predicted molar refractivity (Wildman–Crippen MR) is 134 cm³/mol. The molecule has 2 heterocycles. The van der Waals surface area contributed by atoms with Crippen LogP contribution in [0, 0.1) is 0 Å². The average Bonchev–Trinajstić information content (AvgIpc) is 3.10. The van der Waals surface area contributed by atoms with Gasteiger partial charge in [0, 0.05) is 15.1 Å². The molecule has 1 aromatic heterocycles. The zero-order valence-electron chi connectivity index (χ0n) is 18.5. The number of allylic oxidation sites excluding steroid dienone is 1. The van der Waals surface area contributed by atoms with Crippen LogP contribution in [0.25, 0.3) is 6.08 Å². The van der Waals surface area contributed by atoms with Crippen molar-refractivity contribution in [2.24, 2.45) is 4.99 Å². The SMILES string of the molecule is CCOC(=O)C1=C(C)N=c2s/c(=C\c3cc(Br)cc(OC)c3O)c(=O)n2[C@@H]1c1ccc(Cl)cc1. The molecule has 0 saturated carbocycles. The number of ether oxygens (including phenoxy) is 2. The van der Waals surface area contributed by atoms with Crippen molar-refractivity contribution in [2.45, 2.75) is 19.9 Å². The van der Waals surface area contributed by atoms with Crippen molar-refractivity contribution < 1.29 is 19.4 Å². The Labute approximate surface area is 212 Å². The van der Waals surface area contributed by atoms with Crippen LogP contribution in [0.15, 0.2) is 61.9 Å². The van der Waals surface area contributed by atoms with Crippen LogP contribution in [0.5, 0.6) is 11.5 Å². The summed E-state index contributed by atoms with van der Waals surface area (Å²) in [7, 11) is 1.45. The number of aromatic nitrogens is 1. The quantitative estimate of drug-likeness (QED) is 0.475. The molecular weight excluding hydrogens is 544 g/mol. The largest absolute Gasteiger partial charge is 0.504 e. The van der Waals surface area contributed by atoms with Crippen LogP contribution in [0.2, 0.25) is 5.02 Å². The van der Waals surface area contributed by atoms with E-state index in [-0.39, 0.29) is 29.2 Å². The maximum Gasteiger partial charge on any atom is 0.338 e. The topological polar surface area (TPSA) is 90.1 Å². The summed E-state index contributed by atoms with van der Waals surface area (Å²) in [5, 5.41) is 11.1. The third kappa shape index (κ3) is 4.43. The Morgan fingerprint density at radius 2 is 2.03 bits per heavy atom. The molecule has 0 fully saturated rings. The molecule has 1 atom stereocenters. The van der Waals surface area contributed by atoms with Crippen molar-refractivity contribution in [1.29, 1.82) is 0 Å². The van der Waals surface area contributed by atoms with Crippen LogP contribution in [0.1, 0.15) is 31.0 Å². The number of esters is 1. The standard InChI is InChI=1S/C24H20BrClN2O5S/c1-4-33-23(31)19-12(2)27-24-28(20(19)13-5-7-16(26)8-6-13)22(30)18(34-24)10-14-9-15(25)11-17(32-3)21(14)29/h5-11,20,29H,4H2,1-3H3/b18-10-/t20-/m1/s1. The Hall–Kier alpha value is -2.88. The molecule has 0 amide bonds. The molecule has 0 radical (unpaired) electrons. The first-order valence-corrected chi connectivity index (χ1v) is 12.3. The zero-order chi connectivity index (χ0) is 24.6. The van der Waals surface area contributed by atoms with Gasteiger partial charge in [-0.3, -0.25) is 9.36 Å². The lowest BCUT2D eigenvalue weighted by Gasteiger charge is -2.24. The van der Waals surface area contributed by atoms with Crippen LogP contribution in [0.4, 0.5) is 0 Å². The number of thiazole rings is 1. The number of hydrogen-bond acceptors (Lipinski definition) is 7. The van der Waals surface area contributed by atoms with Gasteiger partial charge < -0.3 is 14.6 Å². The summed E-state index contributed by atoms with van der Waals surface area (Å²) in [5.74, 6) is -0.352. The first kappa shape index (κ1) is 24.3. The van der Waals surface area contributed by atoms with Gasteiger partial charge in [0.15, 0.2) is 16.3 Å². The summed E-state index contributed by atoms with van der Waals surface area (Å²) >= 11 is 10.6. The minimum atomic E-state index is -0.736. The molecule has 10 heteroatoms. The second kappa shape index (κ2) is 9.77.